The van der Waals surface area contributed by atoms with Crippen molar-refractivity contribution in [2.45, 2.75) is 31.8 Å². The third-order valence-corrected chi connectivity index (χ3v) is 3.80. The highest BCUT2D eigenvalue weighted by Crippen LogP contribution is 2.23. The molecule has 1 atom stereocenters. The number of benzene rings is 1. The molecule has 0 radical (unpaired) electrons. The van der Waals surface area contributed by atoms with E-state index in [1.165, 1.54) is 7.11 Å². The smallest absolute Gasteiger partial charge is 0.133 e. The van der Waals surface area contributed by atoms with E-state index in [2.05, 4.69) is 5.16 Å². The van der Waals surface area contributed by atoms with Crippen LogP contribution in [0.1, 0.15) is 31.2 Å². The number of hydrogen-bond donors (Lipinski definition) is 2. The summed E-state index contributed by atoms with van der Waals surface area (Å²) >= 11 is 11.8. The Labute approximate surface area is 139 Å². The Morgan fingerprint density at radius 2 is 2.00 bits per heavy atom. The third-order valence-electron chi connectivity index (χ3n) is 3.06. The van der Waals surface area contributed by atoms with E-state index in [1.807, 2.05) is 0 Å². The minimum absolute atomic E-state index is 0.0173. The van der Waals surface area contributed by atoms with Gasteiger partial charge >= 0.3 is 0 Å². The summed E-state index contributed by atoms with van der Waals surface area (Å²) in [5.74, 6) is -0.0173. The normalized spacial score (nSPS) is 13.0. The molecule has 22 heavy (non-hydrogen) atoms. The van der Waals surface area contributed by atoms with E-state index in [0.29, 0.717) is 22.2 Å². The lowest BCUT2D eigenvalue weighted by molar-refractivity contribution is -0.119. The van der Waals surface area contributed by atoms with E-state index in [0.717, 1.165) is 5.56 Å². The number of halogens is 2. The summed E-state index contributed by atoms with van der Waals surface area (Å²) in [6, 6.07) is 5.08. The van der Waals surface area contributed by atoms with Gasteiger partial charge in [0, 0.05) is 24.8 Å². The molecule has 1 aromatic carbocycles. The highest BCUT2D eigenvalue weighted by Gasteiger charge is 2.12. The van der Waals surface area contributed by atoms with E-state index in [-0.39, 0.29) is 31.7 Å². The SMILES string of the molecule is CO/N=C(\CCC(=O)CCC(O)CO)c1ccc(Cl)c(Cl)c1. The van der Waals surface area contributed by atoms with Gasteiger partial charge in [0.1, 0.15) is 12.9 Å². The number of carbonyl (C=O) groups is 1. The molecule has 0 aliphatic heterocycles. The Morgan fingerprint density at radius 1 is 1.27 bits per heavy atom. The Hall–Kier alpha value is -1.14. The van der Waals surface area contributed by atoms with Gasteiger partial charge in [0.25, 0.3) is 0 Å². The highest BCUT2D eigenvalue weighted by atomic mass is 35.5. The Bertz CT molecular complexity index is 534. The van der Waals surface area contributed by atoms with Crippen molar-refractivity contribution in [3.05, 3.63) is 33.8 Å². The van der Waals surface area contributed by atoms with Crippen LogP contribution in [0, 0.1) is 0 Å². The van der Waals surface area contributed by atoms with Crippen LogP contribution in [-0.4, -0.2) is 41.5 Å². The quantitative estimate of drug-likeness (QED) is 0.531. The zero-order chi connectivity index (χ0) is 16.5. The zero-order valence-electron chi connectivity index (χ0n) is 12.3. The maximum absolute atomic E-state index is 11.8. The van der Waals surface area contributed by atoms with Gasteiger partial charge in [-0.15, -0.1) is 0 Å². The summed E-state index contributed by atoms with van der Waals surface area (Å²) in [5, 5.41) is 22.7. The van der Waals surface area contributed by atoms with Crippen molar-refractivity contribution in [2.75, 3.05) is 13.7 Å². The fourth-order valence-corrected chi connectivity index (χ4v) is 2.13. The lowest BCUT2D eigenvalue weighted by Crippen LogP contribution is -2.14. The summed E-state index contributed by atoms with van der Waals surface area (Å²) in [5.41, 5.74) is 1.33. The third kappa shape index (κ3) is 6.32. The highest BCUT2D eigenvalue weighted by molar-refractivity contribution is 6.42. The molecule has 7 heteroatoms. The molecule has 1 rings (SSSR count). The standard InChI is InChI=1S/C15H19Cl2NO4/c1-22-18-15(10-2-6-13(16)14(17)8-10)7-5-11(20)3-4-12(21)9-19/h2,6,8,12,19,21H,3-5,7,9H2,1H3/b18-15+. The van der Waals surface area contributed by atoms with Crippen LogP contribution < -0.4 is 0 Å². The fourth-order valence-electron chi connectivity index (χ4n) is 1.83. The van der Waals surface area contributed by atoms with Crippen LogP contribution in [0.5, 0.6) is 0 Å². The Balaban J connectivity index is 2.63. The second-order valence-corrected chi connectivity index (χ2v) is 5.58. The van der Waals surface area contributed by atoms with E-state index in [1.54, 1.807) is 18.2 Å². The van der Waals surface area contributed by atoms with Crippen molar-refractivity contribution in [3.63, 3.8) is 0 Å². The number of hydrogen-bond acceptors (Lipinski definition) is 5. The first-order chi connectivity index (χ1) is 10.5. The monoisotopic (exact) mass is 347 g/mol. The van der Waals surface area contributed by atoms with E-state index in [4.69, 9.17) is 33.1 Å². The van der Waals surface area contributed by atoms with Crippen molar-refractivity contribution in [1.29, 1.82) is 0 Å². The van der Waals surface area contributed by atoms with Crippen LogP contribution in [0.25, 0.3) is 0 Å². The van der Waals surface area contributed by atoms with E-state index < -0.39 is 6.10 Å². The minimum Gasteiger partial charge on any atom is -0.399 e. The lowest BCUT2D eigenvalue weighted by atomic mass is 10.0. The van der Waals surface area contributed by atoms with E-state index >= 15 is 0 Å². The van der Waals surface area contributed by atoms with Crippen molar-refractivity contribution < 1.29 is 19.8 Å². The molecule has 0 heterocycles. The van der Waals surface area contributed by atoms with Crippen LogP contribution in [0.2, 0.25) is 10.0 Å². The van der Waals surface area contributed by atoms with Gasteiger partial charge in [-0.05, 0) is 18.6 Å². The molecule has 0 aliphatic carbocycles. The van der Waals surface area contributed by atoms with Gasteiger partial charge in [0.2, 0.25) is 0 Å². The molecule has 0 fully saturated rings. The van der Waals surface area contributed by atoms with Gasteiger partial charge in [-0.25, -0.2) is 0 Å². The number of Topliss-reactive ketones (excluding diaryl/α,β-unsaturated/α-hetero) is 1. The number of rotatable bonds is 9. The predicted molar refractivity (Wildman–Crippen MR) is 86.6 cm³/mol. The van der Waals surface area contributed by atoms with Crippen molar-refractivity contribution in [1.82, 2.24) is 0 Å². The molecule has 0 aliphatic rings. The molecule has 0 bridgehead atoms. The second kappa shape index (κ2) is 9.79. The second-order valence-electron chi connectivity index (χ2n) is 4.76. The van der Waals surface area contributed by atoms with Crippen molar-refractivity contribution >= 4 is 34.7 Å². The number of aliphatic hydroxyl groups excluding tert-OH is 2. The molecule has 5 nitrogen and oxygen atoms in total. The Morgan fingerprint density at radius 3 is 2.59 bits per heavy atom. The molecule has 0 spiro atoms. The van der Waals surface area contributed by atoms with Crippen molar-refractivity contribution in [2.24, 2.45) is 5.16 Å². The number of ketones is 1. The number of nitrogens with zero attached hydrogens (tertiary/aromatic N) is 1. The summed E-state index contributed by atoms with van der Waals surface area (Å²) in [6.45, 7) is -0.340. The first-order valence-corrected chi connectivity index (χ1v) is 7.59. The van der Waals surface area contributed by atoms with Gasteiger partial charge in [0.05, 0.1) is 28.5 Å². The van der Waals surface area contributed by atoms with E-state index in [9.17, 15) is 9.90 Å². The summed E-state index contributed by atoms with van der Waals surface area (Å²) in [7, 11) is 1.43. The first-order valence-electron chi connectivity index (χ1n) is 6.84. The van der Waals surface area contributed by atoms with Gasteiger partial charge in [-0.1, -0.05) is 34.4 Å². The molecule has 0 aromatic heterocycles. The van der Waals surface area contributed by atoms with Crippen LogP contribution in [-0.2, 0) is 9.63 Å². The topological polar surface area (TPSA) is 79.1 Å². The van der Waals surface area contributed by atoms with Crippen LogP contribution >= 0.6 is 23.2 Å². The number of carbonyl (C=O) groups excluding carboxylic acids is 1. The molecule has 0 saturated heterocycles. The Kier molecular flexibility index (Phi) is 8.42. The van der Waals surface area contributed by atoms with Gasteiger partial charge < -0.3 is 15.1 Å². The molecule has 1 unspecified atom stereocenters. The molecule has 122 valence electrons. The van der Waals surface area contributed by atoms with Gasteiger partial charge in [0.15, 0.2) is 0 Å². The molecule has 2 N–H and O–H groups in total. The average Bonchev–Trinajstić information content (AvgIpc) is 2.51. The number of oxime groups is 1. The van der Waals surface area contributed by atoms with Crippen LogP contribution in [0.4, 0.5) is 0 Å². The molecular weight excluding hydrogens is 329 g/mol. The predicted octanol–water partition coefficient (Wildman–Crippen LogP) is 2.83. The average molecular weight is 348 g/mol. The van der Waals surface area contributed by atoms with Crippen LogP contribution in [0.3, 0.4) is 0 Å². The summed E-state index contributed by atoms with van der Waals surface area (Å²) < 4.78 is 0. The first kappa shape index (κ1) is 18.9. The van der Waals surface area contributed by atoms with Crippen molar-refractivity contribution in [3.8, 4) is 0 Å². The molecule has 0 saturated carbocycles. The lowest BCUT2D eigenvalue weighted by Gasteiger charge is -2.08. The molecule has 1 aromatic rings. The van der Waals surface area contributed by atoms with Gasteiger partial charge in [-0.3, -0.25) is 4.79 Å². The molecule has 0 amide bonds. The summed E-state index contributed by atoms with van der Waals surface area (Å²) in [6.07, 6.45) is 0.258. The largest absolute Gasteiger partial charge is 0.399 e. The minimum atomic E-state index is -0.855. The maximum atomic E-state index is 11.8. The fraction of sp³-hybridized carbons (Fsp3) is 0.467. The maximum Gasteiger partial charge on any atom is 0.133 e. The van der Waals surface area contributed by atoms with Gasteiger partial charge in [-0.2, -0.15) is 0 Å². The summed E-state index contributed by atoms with van der Waals surface area (Å²) in [4.78, 5) is 16.6. The number of aliphatic hydroxyl groups is 2. The zero-order valence-corrected chi connectivity index (χ0v) is 13.8. The van der Waals surface area contributed by atoms with Crippen LogP contribution in [0.15, 0.2) is 23.4 Å². The molecular formula is C15H19Cl2NO4.